The summed E-state index contributed by atoms with van der Waals surface area (Å²) in [5, 5.41) is 3.56. The molecule has 4 aromatic rings. The Morgan fingerprint density at radius 3 is 1.98 bits per heavy atom. The molecular formula is C36H40ClN3O5S. The van der Waals surface area contributed by atoms with Crippen LogP contribution in [0.25, 0.3) is 0 Å². The van der Waals surface area contributed by atoms with Gasteiger partial charge in [-0.15, -0.1) is 0 Å². The smallest absolute Gasteiger partial charge is 0.264 e. The molecule has 0 heterocycles. The van der Waals surface area contributed by atoms with Crippen molar-refractivity contribution in [2.24, 2.45) is 0 Å². The number of nitrogens with one attached hydrogen (secondary N) is 1. The van der Waals surface area contributed by atoms with Crippen LogP contribution in [0.1, 0.15) is 38.8 Å². The summed E-state index contributed by atoms with van der Waals surface area (Å²) in [7, 11) is -4.21. The number of hydrogen-bond acceptors (Lipinski definition) is 5. The average Bonchev–Trinajstić information content (AvgIpc) is 3.03. The molecule has 0 aliphatic heterocycles. The summed E-state index contributed by atoms with van der Waals surface area (Å²) in [4.78, 5) is 29.9. The molecule has 0 spiro atoms. The monoisotopic (exact) mass is 661 g/mol. The van der Waals surface area contributed by atoms with E-state index < -0.39 is 34.1 Å². The normalized spacial score (nSPS) is 12.2. The fourth-order valence-corrected chi connectivity index (χ4v) is 6.46. The molecule has 0 aliphatic rings. The Kier molecular flexibility index (Phi) is 11.5. The SMILES string of the molecule is CCOc1ccc(S(=O)(=O)N(CC(=O)N(Cc2ccc(Cl)cc2)C(Cc2ccccc2)C(=O)NC(C)(C)C)c2ccccc2)cc1. The van der Waals surface area contributed by atoms with Crippen LogP contribution in [-0.2, 0) is 32.6 Å². The second-order valence-corrected chi connectivity index (χ2v) is 14.1. The van der Waals surface area contributed by atoms with E-state index in [-0.39, 0.29) is 23.8 Å². The third kappa shape index (κ3) is 9.34. The largest absolute Gasteiger partial charge is 0.494 e. The fraction of sp³-hybridized carbons (Fsp3) is 0.278. The first-order chi connectivity index (χ1) is 21.9. The van der Waals surface area contributed by atoms with E-state index in [0.29, 0.717) is 23.1 Å². The molecule has 0 bridgehead atoms. The highest BCUT2D eigenvalue weighted by Gasteiger charge is 2.35. The van der Waals surface area contributed by atoms with Crippen molar-refractivity contribution in [3.8, 4) is 5.75 Å². The zero-order valence-corrected chi connectivity index (χ0v) is 28.1. The maximum absolute atomic E-state index is 14.5. The van der Waals surface area contributed by atoms with Crippen molar-refractivity contribution in [1.82, 2.24) is 10.2 Å². The second kappa shape index (κ2) is 15.3. The topological polar surface area (TPSA) is 96.0 Å². The number of sulfonamides is 1. The number of nitrogens with zero attached hydrogens (tertiary/aromatic N) is 2. The Bertz CT molecular complexity index is 1690. The zero-order valence-electron chi connectivity index (χ0n) is 26.5. The van der Waals surface area contributed by atoms with E-state index in [1.165, 1.54) is 17.0 Å². The average molecular weight is 662 g/mol. The number of amides is 2. The van der Waals surface area contributed by atoms with Gasteiger partial charge in [0.25, 0.3) is 10.0 Å². The lowest BCUT2D eigenvalue weighted by Gasteiger charge is -2.35. The van der Waals surface area contributed by atoms with E-state index in [0.717, 1.165) is 15.4 Å². The molecule has 1 atom stereocenters. The Morgan fingerprint density at radius 1 is 0.826 bits per heavy atom. The van der Waals surface area contributed by atoms with E-state index in [1.807, 2.05) is 58.0 Å². The predicted octanol–water partition coefficient (Wildman–Crippen LogP) is 6.49. The van der Waals surface area contributed by atoms with Gasteiger partial charge in [-0.05, 0) is 87.4 Å². The Labute approximate surface area is 277 Å². The van der Waals surface area contributed by atoms with Crippen molar-refractivity contribution in [2.75, 3.05) is 17.5 Å². The van der Waals surface area contributed by atoms with Crippen LogP contribution in [0.3, 0.4) is 0 Å². The summed E-state index contributed by atoms with van der Waals surface area (Å²) in [6.45, 7) is 7.41. The van der Waals surface area contributed by atoms with Gasteiger partial charge in [0.2, 0.25) is 11.8 Å². The molecule has 0 saturated heterocycles. The van der Waals surface area contributed by atoms with Gasteiger partial charge in [-0.1, -0.05) is 72.3 Å². The molecule has 0 aliphatic carbocycles. The number of benzene rings is 4. The molecule has 0 radical (unpaired) electrons. The van der Waals surface area contributed by atoms with Crippen molar-refractivity contribution < 1.29 is 22.7 Å². The van der Waals surface area contributed by atoms with E-state index in [9.17, 15) is 18.0 Å². The molecule has 0 saturated carbocycles. The third-order valence-corrected chi connectivity index (χ3v) is 9.12. The lowest BCUT2D eigenvalue weighted by molar-refractivity contribution is -0.140. The lowest BCUT2D eigenvalue weighted by Crippen LogP contribution is -2.56. The van der Waals surface area contributed by atoms with E-state index in [1.54, 1.807) is 66.7 Å². The molecule has 10 heteroatoms. The minimum atomic E-state index is -4.21. The Morgan fingerprint density at radius 2 is 1.41 bits per heavy atom. The minimum Gasteiger partial charge on any atom is -0.494 e. The van der Waals surface area contributed by atoms with Gasteiger partial charge in [0.15, 0.2) is 0 Å². The molecule has 1 unspecified atom stereocenters. The van der Waals surface area contributed by atoms with Crippen LogP contribution in [0.2, 0.25) is 5.02 Å². The van der Waals surface area contributed by atoms with Gasteiger partial charge in [-0.3, -0.25) is 13.9 Å². The number of halogens is 1. The zero-order chi connectivity index (χ0) is 33.3. The molecule has 242 valence electrons. The molecule has 8 nitrogen and oxygen atoms in total. The van der Waals surface area contributed by atoms with Gasteiger partial charge in [-0.25, -0.2) is 8.42 Å². The van der Waals surface area contributed by atoms with Crippen LogP contribution < -0.4 is 14.4 Å². The van der Waals surface area contributed by atoms with Crippen molar-refractivity contribution in [3.63, 3.8) is 0 Å². The van der Waals surface area contributed by atoms with Crippen molar-refractivity contribution >= 4 is 39.1 Å². The fourth-order valence-electron chi connectivity index (χ4n) is 4.92. The molecular weight excluding hydrogens is 622 g/mol. The molecule has 4 rings (SSSR count). The third-order valence-electron chi connectivity index (χ3n) is 7.08. The van der Waals surface area contributed by atoms with Crippen molar-refractivity contribution in [3.05, 3.63) is 125 Å². The van der Waals surface area contributed by atoms with Crippen LogP contribution in [0.4, 0.5) is 5.69 Å². The highest BCUT2D eigenvalue weighted by atomic mass is 35.5. The number of rotatable bonds is 13. The molecule has 0 aromatic heterocycles. The van der Waals surface area contributed by atoms with Gasteiger partial charge in [0.1, 0.15) is 18.3 Å². The van der Waals surface area contributed by atoms with E-state index in [4.69, 9.17) is 16.3 Å². The number of carbonyl (C=O) groups is 2. The predicted molar refractivity (Wildman–Crippen MR) is 182 cm³/mol. The quantitative estimate of drug-likeness (QED) is 0.177. The molecule has 2 amide bonds. The maximum Gasteiger partial charge on any atom is 0.264 e. The van der Waals surface area contributed by atoms with Crippen LogP contribution >= 0.6 is 11.6 Å². The van der Waals surface area contributed by atoms with Crippen molar-refractivity contribution in [2.45, 2.75) is 57.1 Å². The molecule has 1 N–H and O–H groups in total. The number of hydrogen-bond donors (Lipinski definition) is 1. The summed E-state index contributed by atoms with van der Waals surface area (Å²) in [5.41, 5.74) is 1.33. The first-order valence-corrected chi connectivity index (χ1v) is 16.9. The van der Waals surface area contributed by atoms with E-state index >= 15 is 0 Å². The van der Waals surface area contributed by atoms with Crippen LogP contribution in [0, 0.1) is 0 Å². The maximum atomic E-state index is 14.5. The summed E-state index contributed by atoms with van der Waals surface area (Å²) >= 11 is 6.15. The first-order valence-electron chi connectivity index (χ1n) is 15.1. The molecule has 46 heavy (non-hydrogen) atoms. The Hall–Kier alpha value is -4.34. The molecule has 0 fully saturated rings. The Balaban J connectivity index is 1.78. The number of ether oxygens (including phenoxy) is 1. The highest BCUT2D eigenvalue weighted by Crippen LogP contribution is 2.26. The highest BCUT2D eigenvalue weighted by molar-refractivity contribution is 7.92. The number of para-hydroxylation sites is 1. The summed E-state index contributed by atoms with van der Waals surface area (Å²) in [6.07, 6.45) is 0.221. The summed E-state index contributed by atoms with van der Waals surface area (Å²) in [5.74, 6) is -0.357. The minimum absolute atomic E-state index is 0.00293. The first kappa shape index (κ1) is 34.5. The lowest BCUT2D eigenvalue weighted by atomic mass is 10.0. The van der Waals surface area contributed by atoms with Crippen LogP contribution in [-0.4, -0.2) is 49.9 Å². The van der Waals surface area contributed by atoms with Crippen LogP contribution in [0.15, 0.2) is 114 Å². The summed E-state index contributed by atoms with van der Waals surface area (Å²) < 4.78 is 34.9. The number of carbonyl (C=O) groups excluding carboxylic acids is 2. The van der Waals surface area contributed by atoms with Gasteiger partial charge in [0, 0.05) is 23.5 Å². The summed E-state index contributed by atoms with van der Waals surface area (Å²) in [6, 6.07) is 30.0. The van der Waals surface area contributed by atoms with Crippen LogP contribution in [0.5, 0.6) is 5.75 Å². The molecule has 4 aromatic carbocycles. The van der Waals surface area contributed by atoms with Gasteiger partial charge in [-0.2, -0.15) is 0 Å². The van der Waals surface area contributed by atoms with Gasteiger partial charge in [0.05, 0.1) is 17.2 Å². The van der Waals surface area contributed by atoms with Gasteiger partial charge >= 0.3 is 0 Å². The van der Waals surface area contributed by atoms with Gasteiger partial charge < -0.3 is 15.0 Å². The number of anilines is 1. The van der Waals surface area contributed by atoms with E-state index in [2.05, 4.69) is 5.32 Å². The van der Waals surface area contributed by atoms with Crippen molar-refractivity contribution in [1.29, 1.82) is 0 Å². The second-order valence-electron chi connectivity index (χ2n) is 11.8. The standard InChI is InChI=1S/C36H40ClN3O5S/c1-5-45-31-20-22-32(23-21-31)46(43,44)40(30-14-10-7-11-15-30)26-34(41)39(25-28-16-18-29(37)19-17-28)33(35(42)38-36(2,3)4)24-27-12-8-6-9-13-27/h6-23,33H,5,24-26H2,1-4H3,(H,38,42).